The Morgan fingerprint density at radius 1 is 1.45 bits per heavy atom. The van der Waals surface area contributed by atoms with E-state index in [0.29, 0.717) is 6.42 Å². The van der Waals surface area contributed by atoms with Crippen molar-refractivity contribution in [1.29, 1.82) is 0 Å². The summed E-state index contributed by atoms with van der Waals surface area (Å²) in [7, 11) is 0. The van der Waals surface area contributed by atoms with Crippen molar-refractivity contribution in [2.75, 3.05) is 0 Å². The molecule has 2 saturated carbocycles. The van der Waals surface area contributed by atoms with Crippen LogP contribution in [0.25, 0.3) is 0 Å². The SMILES string of the molecule is Cl.NC1(C(=O)O)CC12CCC2. The second kappa shape index (κ2) is 2.11. The molecule has 3 N–H and O–H groups in total. The summed E-state index contributed by atoms with van der Waals surface area (Å²) in [6.07, 6.45) is 3.91. The number of carbonyl (C=O) groups is 1. The highest BCUT2D eigenvalue weighted by Gasteiger charge is 2.72. The van der Waals surface area contributed by atoms with E-state index in [9.17, 15) is 4.79 Å². The van der Waals surface area contributed by atoms with Gasteiger partial charge < -0.3 is 10.8 Å². The monoisotopic (exact) mass is 177 g/mol. The van der Waals surface area contributed by atoms with Gasteiger partial charge in [-0.15, -0.1) is 12.4 Å². The Labute approximate surface area is 71.4 Å². The van der Waals surface area contributed by atoms with Gasteiger partial charge in [0.1, 0.15) is 5.54 Å². The summed E-state index contributed by atoms with van der Waals surface area (Å²) >= 11 is 0. The molecule has 2 rings (SSSR count). The van der Waals surface area contributed by atoms with Crippen molar-refractivity contribution < 1.29 is 9.90 Å². The molecule has 1 unspecified atom stereocenters. The van der Waals surface area contributed by atoms with E-state index in [1.54, 1.807) is 0 Å². The molecule has 1 atom stereocenters. The van der Waals surface area contributed by atoms with Crippen LogP contribution in [0, 0.1) is 5.41 Å². The third-order valence-corrected chi connectivity index (χ3v) is 3.13. The lowest BCUT2D eigenvalue weighted by Crippen LogP contribution is -2.41. The second-order valence-corrected chi connectivity index (χ2v) is 3.59. The minimum atomic E-state index is -0.842. The fraction of sp³-hybridized carbons (Fsp3) is 0.857. The van der Waals surface area contributed by atoms with Crippen LogP contribution in [0.3, 0.4) is 0 Å². The van der Waals surface area contributed by atoms with Crippen molar-refractivity contribution in [3.05, 3.63) is 0 Å². The number of hydrogen-bond acceptors (Lipinski definition) is 2. The molecule has 0 aliphatic heterocycles. The zero-order valence-electron chi connectivity index (χ0n) is 6.17. The van der Waals surface area contributed by atoms with Gasteiger partial charge in [0, 0.05) is 5.41 Å². The van der Waals surface area contributed by atoms with E-state index in [2.05, 4.69) is 0 Å². The standard InChI is InChI=1S/C7H11NO2.ClH/c8-7(5(9)10)4-6(7)2-1-3-6;/h1-4,8H2,(H,9,10);1H. The van der Waals surface area contributed by atoms with Crippen LogP contribution in [0.4, 0.5) is 0 Å². The topological polar surface area (TPSA) is 63.3 Å². The van der Waals surface area contributed by atoms with Crippen LogP contribution in [0.1, 0.15) is 25.7 Å². The van der Waals surface area contributed by atoms with E-state index in [1.165, 1.54) is 0 Å². The molecule has 0 aromatic heterocycles. The van der Waals surface area contributed by atoms with Crippen LogP contribution >= 0.6 is 12.4 Å². The molecule has 2 aliphatic rings. The fourth-order valence-corrected chi connectivity index (χ4v) is 2.02. The summed E-state index contributed by atoms with van der Waals surface area (Å²) in [5.74, 6) is -0.813. The van der Waals surface area contributed by atoms with Gasteiger partial charge in [-0.2, -0.15) is 0 Å². The Hall–Kier alpha value is -0.280. The van der Waals surface area contributed by atoms with Gasteiger partial charge in [-0.05, 0) is 19.3 Å². The fourth-order valence-electron chi connectivity index (χ4n) is 2.02. The third kappa shape index (κ3) is 0.811. The molecule has 0 saturated heterocycles. The van der Waals surface area contributed by atoms with E-state index < -0.39 is 11.5 Å². The van der Waals surface area contributed by atoms with Crippen LogP contribution in [0.5, 0.6) is 0 Å². The summed E-state index contributed by atoms with van der Waals surface area (Å²) in [5.41, 5.74) is 4.81. The molecule has 0 aromatic carbocycles. The van der Waals surface area contributed by atoms with Crippen LogP contribution in [-0.2, 0) is 4.79 Å². The lowest BCUT2D eigenvalue weighted by molar-refractivity contribution is -0.141. The Morgan fingerprint density at radius 2 is 2.00 bits per heavy atom. The average Bonchev–Trinajstić information content (AvgIpc) is 2.37. The van der Waals surface area contributed by atoms with Gasteiger partial charge in [0.15, 0.2) is 0 Å². The number of hydrogen-bond donors (Lipinski definition) is 2. The van der Waals surface area contributed by atoms with Crippen molar-refractivity contribution in [3.8, 4) is 0 Å². The molecule has 1 spiro atoms. The first-order valence-electron chi connectivity index (χ1n) is 3.63. The van der Waals surface area contributed by atoms with E-state index >= 15 is 0 Å². The maximum atomic E-state index is 10.6. The predicted molar refractivity (Wildman–Crippen MR) is 42.7 cm³/mol. The first-order valence-corrected chi connectivity index (χ1v) is 3.63. The van der Waals surface area contributed by atoms with Crippen LogP contribution in [-0.4, -0.2) is 16.6 Å². The van der Waals surface area contributed by atoms with Crippen LogP contribution in [0.15, 0.2) is 0 Å². The highest BCUT2D eigenvalue weighted by molar-refractivity contribution is 5.85. The van der Waals surface area contributed by atoms with E-state index in [0.717, 1.165) is 19.3 Å². The number of carboxylic acid groups (broad SMARTS) is 1. The molecular formula is C7H12ClNO2. The zero-order chi connectivity index (χ0) is 7.41. The lowest BCUT2D eigenvalue weighted by Gasteiger charge is -2.28. The van der Waals surface area contributed by atoms with Gasteiger partial charge in [-0.3, -0.25) is 4.79 Å². The molecule has 0 amide bonds. The molecule has 4 heteroatoms. The molecule has 0 bridgehead atoms. The molecule has 2 fully saturated rings. The normalized spacial score (nSPS) is 37.2. The molecule has 2 aliphatic carbocycles. The zero-order valence-corrected chi connectivity index (χ0v) is 6.99. The smallest absolute Gasteiger partial charge is 0.324 e. The molecule has 64 valence electrons. The highest BCUT2D eigenvalue weighted by Crippen LogP contribution is 2.66. The Morgan fingerprint density at radius 3 is 2.09 bits per heavy atom. The van der Waals surface area contributed by atoms with Gasteiger partial charge >= 0.3 is 5.97 Å². The first-order chi connectivity index (χ1) is 4.61. The summed E-state index contributed by atoms with van der Waals surface area (Å²) in [5, 5.41) is 8.69. The largest absolute Gasteiger partial charge is 0.480 e. The average molecular weight is 178 g/mol. The van der Waals surface area contributed by atoms with E-state index in [4.69, 9.17) is 10.8 Å². The van der Waals surface area contributed by atoms with Gasteiger partial charge in [0.2, 0.25) is 0 Å². The van der Waals surface area contributed by atoms with Gasteiger partial charge in [-0.1, -0.05) is 6.42 Å². The summed E-state index contributed by atoms with van der Waals surface area (Å²) in [6, 6.07) is 0. The molecule has 0 radical (unpaired) electrons. The summed E-state index contributed by atoms with van der Waals surface area (Å²) in [4.78, 5) is 10.6. The van der Waals surface area contributed by atoms with Crippen molar-refractivity contribution in [2.24, 2.45) is 11.1 Å². The van der Waals surface area contributed by atoms with Crippen molar-refractivity contribution in [1.82, 2.24) is 0 Å². The molecule has 0 aromatic rings. The van der Waals surface area contributed by atoms with Crippen molar-refractivity contribution in [2.45, 2.75) is 31.2 Å². The minimum absolute atomic E-state index is 0. The minimum Gasteiger partial charge on any atom is -0.480 e. The number of carboxylic acids is 1. The predicted octanol–water partition coefficient (Wildman–Crippen LogP) is 0.764. The number of halogens is 1. The molecular weight excluding hydrogens is 166 g/mol. The molecule has 0 heterocycles. The Bertz CT molecular complexity index is 203. The third-order valence-electron chi connectivity index (χ3n) is 3.13. The van der Waals surface area contributed by atoms with E-state index in [-0.39, 0.29) is 17.8 Å². The summed E-state index contributed by atoms with van der Waals surface area (Å²) in [6.45, 7) is 0. The molecule has 3 nitrogen and oxygen atoms in total. The Kier molecular flexibility index (Phi) is 1.69. The first kappa shape index (κ1) is 8.81. The second-order valence-electron chi connectivity index (χ2n) is 3.59. The van der Waals surface area contributed by atoms with Gasteiger partial charge in [-0.25, -0.2) is 0 Å². The summed E-state index contributed by atoms with van der Waals surface area (Å²) < 4.78 is 0. The number of aliphatic carboxylic acids is 1. The van der Waals surface area contributed by atoms with Crippen LogP contribution < -0.4 is 5.73 Å². The lowest BCUT2D eigenvalue weighted by atomic mass is 9.78. The van der Waals surface area contributed by atoms with Crippen molar-refractivity contribution in [3.63, 3.8) is 0 Å². The molecule has 11 heavy (non-hydrogen) atoms. The highest BCUT2D eigenvalue weighted by atomic mass is 35.5. The van der Waals surface area contributed by atoms with Gasteiger partial charge in [0.25, 0.3) is 0 Å². The van der Waals surface area contributed by atoms with Crippen molar-refractivity contribution >= 4 is 18.4 Å². The van der Waals surface area contributed by atoms with Crippen LogP contribution in [0.2, 0.25) is 0 Å². The maximum Gasteiger partial charge on any atom is 0.324 e. The Balaban J connectivity index is 0.000000605. The van der Waals surface area contributed by atoms with Gasteiger partial charge in [0.05, 0.1) is 0 Å². The number of rotatable bonds is 1. The van der Waals surface area contributed by atoms with E-state index in [1.807, 2.05) is 0 Å². The maximum absolute atomic E-state index is 10.6. The number of nitrogens with two attached hydrogens (primary N) is 1. The quantitative estimate of drug-likeness (QED) is 0.622.